The van der Waals surface area contributed by atoms with Crippen LogP contribution in [0.3, 0.4) is 0 Å². The summed E-state index contributed by atoms with van der Waals surface area (Å²) in [4.78, 5) is 7.66. The van der Waals surface area contributed by atoms with Crippen molar-refractivity contribution in [3.63, 3.8) is 0 Å². The molecule has 0 spiro atoms. The smallest absolute Gasteiger partial charge is 0.247 e. The van der Waals surface area contributed by atoms with Gasteiger partial charge in [0.1, 0.15) is 17.8 Å². The van der Waals surface area contributed by atoms with Crippen molar-refractivity contribution in [1.82, 2.24) is 9.97 Å². The van der Waals surface area contributed by atoms with Crippen LogP contribution in [0.15, 0.2) is 30.6 Å². The molecule has 0 unspecified atom stereocenters. The Hall–Kier alpha value is -1.08. The largest absolute Gasteiger partial charge is 0.437 e. The molecule has 2 rings (SSSR count). The van der Waals surface area contributed by atoms with E-state index in [0.29, 0.717) is 5.75 Å². The highest BCUT2D eigenvalue weighted by Gasteiger charge is 2.07. The van der Waals surface area contributed by atoms with E-state index < -0.39 is 0 Å². The predicted octanol–water partition coefficient (Wildman–Crippen LogP) is 3.11. The maximum absolute atomic E-state index is 5.75. The summed E-state index contributed by atoms with van der Waals surface area (Å²) >= 11 is 7.96. The van der Waals surface area contributed by atoms with E-state index >= 15 is 0 Å². The topological polar surface area (TPSA) is 61.0 Å². The van der Waals surface area contributed by atoms with Gasteiger partial charge in [-0.15, -0.1) is 0 Å². The van der Waals surface area contributed by atoms with Gasteiger partial charge in [-0.25, -0.2) is 4.98 Å². The second-order valence-electron chi connectivity index (χ2n) is 2.94. The lowest BCUT2D eigenvalue weighted by Crippen LogP contribution is -1.97. The number of benzene rings is 1. The standard InChI is InChI=1S/C10H7ClIN3O/c11-9-8(13)10(15-5-14-9)16-7-3-1-6(12)2-4-7/h1-5H,13H2. The van der Waals surface area contributed by atoms with E-state index in [9.17, 15) is 0 Å². The van der Waals surface area contributed by atoms with E-state index in [2.05, 4.69) is 32.6 Å². The maximum Gasteiger partial charge on any atom is 0.247 e. The van der Waals surface area contributed by atoms with Crippen LogP contribution in [0.2, 0.25) is 5.15 Å². The van der Waals surface area contributed by atoms with Gasteiger partial charge in [-0.2, -0.15) is 4.98 Å². The van der Waals surface area contributed by atoms with E-state index in [0.717, 1.165) is 3.57 Å². The van der Waals surface area contributed by atoms with Crippen LogP contribution in [-0.4, -0.2) is 9.97 Å². The summed E-state index contributed by atoms with van der Waals surface area (Å²) in [5, 5.41) is 0.190. The molecule has 2 aromatic rings. The summed E-state index contributed by atoms with van der Waals surface area (Å²) < 4.78 is 6.60. The normalized spacial score (nSPS) is 10.1. The minimum atomic E-state index is 0.190. The van der Waals surface area contributed by atoms with Crippen molar-refractivity contribution in [3.8, 4) is 11.6 Å². The molecule has 0 saturated carbocycles. The fraction of sp³-hybridized carbons (Fsp3) is 0. The molecule has 1 aromatic heterocycles. The minimum absolute atomic E-state index is 0.190. The molecule has 0 saturated heterocycles. The molecule has 2 N–H and O–H groups in total. The lowest BCUT2D eigenvalue weighted by atomic mass is 10.3. The summed E-state index contributed by atoms with van der Waals surface area (Å²) in [6.07, 6.45) is 1.31. The molecule has 0 atom stereocenters. The number of nitrogen functional groups attached to an aromatic ring is 1. The molecule has 0 aliphatic carbocycles. The Kier molecular flexibility index (Phi) is 3.45. The highest BCUT2D eigenvalue weighted by Crippen LogP contribution is 2.28. The Morgan fingerprint density at radius 2 is 1.88 bits per heavy atom. The van der Waals surface area contributed by atoms with Crippen LogP contribution < -0.4 is 10.5 Å². The highest BCUT2D eigenvalue weighted by atomic mass is 127. The molecule has 0 amide bonds. The summed E-state index contributed by atoms with van der Waals surface area (Å²) in [5.74, 6) is 0.920. The monoisotopic (exact) mass is 347 g/mol. The van der Waals surface area contributed by atoms with Gasteiger partial charge in [0.15, 0.2) is 5.15 Å². The number of anilines is 1. The number of aromatic nitrogens is 2. The van der Waals surface area contributed by atoms with Crippen molar-refractivity contribution >= 4 is 39.9 Å². The molecule has 0 aliphatic rings. The third-order valence-corrected chi connectivity index (χ3v) is 2.85. The molecule has 6 heteroatoms. The van der Waals surface area contributed by atoms with Crippen molar-refractivity contribution in [2.75, 3.05) is 5.73 Å². The second kappa shape index (κ2) is 4.84. The Balaban J connectivity index is 2.27. The SMILES string of the molecule is Nc1c(Cl)ncnc1Oc1ccc(I)cc1. The number of rotatable bonds is 2. The molecular formula is C10H7ClIN3O. The summed E-state index contributed by atoms with van der Waals surface area (Å²) in [7, 11) is 0. The zero-order chi connectivity index (χ0) is 11.5. The Morgan fingerprint density at radius 3 is 2.56 bits per heavy atom. The van der Waals surface area contributed by atoms with E-state index in [-0.39, 0.29) is 16.7 Å². The number of hydrogen-bond donors (Lipinski definition) is 1. The average Bonchev–Trinajstić information content (AvgIpc) is 2.28. The predicted molar refractivity (Wildman–Crippen MR) is 70.7 cm³/mol. The van der Waals surface area contributed by atoms with Crippen LogP contribution in [0.1, 0.15) is 0 Å². The molecule has 82 valence electrons. The maximum atomic E-state index is 5.75. The quantitative estimate of drug-likeness (QED) is 0.670. The van der Waals surface area contributed by atoms with Gasteiger partial charge >= 0.3 is 0 Å². The molecule has 4 nitrogen and oxygen atoms in total. The van der Waals surface area contributed by atoms with Crippen molar-refractivity contribution < 1.29 is 4.74 Å². The van der Waals surface area contributed by atoms with Crippen LogP contribution in [0.25, 0.3) is 0 Å². The third kappa shape index (κ3) is 2.53. The van der Waals surface area contributed by atoms with Gasteiger partial charge in [0.25, 0.3) is 0 Å². The van der Waals surface area contributed by atoms with Crippen LogP contribution in [0, 0.1) is 3.57 Å². The number of hydrogen-bond acceptors (Lipinski definition) is 4. The number of nitrogens with two attached hydrogens (primary N) is 1. The van der Waals surface area contributed by atoms with Crippen molar-refractivity contribution in [1.29, 1.82) is 0 Å². The van der Waals surface area contributed by atoms with Crippen LogP contribution in [-0.2, 0) is 0 Å². The highest BCUT2D eigenvalue weighted by molar-refractivity contribution is 14.1. The summed E-state index contributed by atoms with van der Waals surface area (Å²) in [5.41, 5.74) is 5.92. The van der Waals surface area contributed by atoms with E-state index in [1.807, 2.05) is 24.3 Å². The van der Waals surface area contributed by atoms with Gasteiger partial charge < -0.3 is 10.5 Å². The van der Waals surface area contributed by atoms with Gasteiger partial charge in [-0.05, 0) is 46.9 Å². The number of ether oxygens (including phenoxy) is 1. The fourth-order valence-corrected chi connectivity index (χ4v) is 1.54. The van der Waals surface area contributed by atoms with Crippen LogP contribution >= 0.6 is 34.2 Å². The molecule has 0 radical (unpaired) electrons. The Labute approximate surface area is 111 Å². The number of halogens is 2. The molecular weight excluding hydrogens is 340 g/mol. The zero-order valence-electron chi connectivity index (χ0n) is 8.02. The minimum Gasteiger partial charge on any atom is -0.437 e. The lowest BCUT2D eigenvalue weighted by molar-refractivity contribution is 0.464. The first-order chi connectivity index (χ1) is 7.66. The molecule has 0 fully saturated rings. The van der Waals surface area contributed by atoms with Crippen molar-refractivity contribution in [2.24, 2.45) is 0 Å². The van der Waals surface area contributed by atoms with Gasteiger partial charge in [-0.1, -0.05) is 11.6 Å². The lowest BCUT2D eigenvalue weighted by Gasteiger charge is -2.07. The van der Waals surface area contributed by atoms with E-state index in [1.165, 1.54) is 6.33 Å². The second-order valence-corrected chi connectivity index (χ2v) is 4.54. The molecule has 0 bridgehead atoms. The van der Waals surface area contributed by atoms with Crippen molar-refractivity contribution in [2.45, 2.75) is 0 Å². The Morgan fingerprint density at radius 1 is 1.19 bits per heavy atom. The Bertz CT molecular complexity index is 504. The van der Waals surface area contributed by atoms with Crippen molar-refractivity contribution in [3.05, 3.63) is 39.3 Å². The van der Waals surface area contributed by atoms with E-state index in [4.69, 9.17) is 22.1 Å². The first-order valence-electron chi connectivity index (χ1n) is 4.36. The zero-order valence-corrected chi connectivity index (χ0v) is 10.9. The van der Waals surface area contributed by atoms with Crippen LogP contribution in [0.4, 0.5) is 5.69 Å². The van der Waals surface area contributed by atoms with Crippen LogP contribution in [0.5, 0.6) is 11.6 Å². The van der Waals surface area contributed by atoms with Gasteiger partial charge in [0.2, 0.25) is 5.88 Å². The van der Waals surface area contributed by atoms with E-state index in [1.54, 1.807) is 0 Å². The molecule has 1 aromatic carbocycles. The third-order valence-electron chi connectivity index (χ3n) is 1.83. The molecule has 16 heavy (non-hydrogen) atoms. The van der Waals surface area contributed by atoms with Gasteiger partial charge in [0.05, 0.1) is 0 Å². The first-order valence-corrected chi connectivity index (χ1v) is 5.82. The fourth-order valence-electron chi connectivity index (χ4n) is 1.05. The average molecular weight is 348 g/mol. The summed E-state index contributed by atoms with van der Waals surface area (Å²) in [6.45, 7) is 0. The van der Waals surface area contributed by atoms with Gasteiger partial charge in [0, 0.05) is 3.57 Å². The van der Waals surface area contributed by atoms with Gasteiger partial charge in [-0.3, -0.25) is 0 Å². The molecule has 0 aliphatic heterocycles. The summed E-state index contributed by atoms with van der Waals surface area (Å²) in [6, 6.07) is 7.51. The molecule has 1 heterocycles. The number of nitrogens with zero attached hydrogens (tertiary/aromatic N) is 2. The first kappa shape index (κ1) is 11.4.